The normalized spacial score (nSPS) is 27.2. The fourth-order valence-corrected chi connectivity index (χ4v) is 5.26. The van der Waals surface area contributed by atoms with Crippen molar-refractivity contribution in [3.05, 3.63) is 53.3 Å². The summed E-state index contributed by atoms with van der Waals surface area (Å²) in [6, 6.07) is 8.10. The molecule has 34 heavy (non-hydrogen) atoms. The molecule has 0 spiro atoms. The fraction of sp³-hybridized carbons (Fsp3) is 0.375. The molecule has 176 valence electrons. The number of hydrogen-bond acceptors (Lipinski definition) is 5. The van der Waals surface area contributed by atoms with Crippen molar-refractivity contribution in [2.75, 3.05) is 31.1 Å². The predicted octanol–water partition coefficient (Wildman–Crippen LogP) is 2.84. The van der Waals surface area contributed by atoms with Gasteiger partial charge in [-0.05, 0) is 35.9 Å². The molecule has 1 saturated carbocycles. The van der Waals surface area contributed by atoms with Gasteiger partial charge in [-0.1, -0.05) is 0 Å². The monoisotopic (exact) mass is 470 g/mol. The summed E-state index contributed by atoms with van der Waals surface area (Å²) in [5.41, 5.74) is -1.27. The third-order valence-electron chi connectivity index (χ3n) is 6.94. The molecule has 2 N–H and O–H groups in total. The molecule has 0 bridgehead atoms. The molecule has 10 heteroatoms. The molecule has 1 aliphatic carbocycles. The smallest absolute Gasteiger partial charge is 0.414 e. The van der Waals surface area contributed by atoms with Crippen LogP contribution in [-0.4, -0.2) is 44.3 Å². The van der Waals surface area contributed by atoms with Gasteiger partial charge in [0.25, 0.3) is 0 Å². The van der Waals surface area contributed by atoms with Gasteiger partial charge in [0.2, 0.25) is 5.91 Å². The van der Waals surface area contributed by atoms with Gasteiger partial charge in [0.1, 0.15) is 23.6 Å². The second-order valence-corrected chi connectivity index (χ2v) is 8.88. The number of piperidine rings is 1. The number of amides is 2. The van der Waals surface area contributed by atoms with Crippen LogP contribution in [0.1, 0.15) is 12.5 Å². The van der Waals surface area contributed by atoms with Crippen molar-refractivity contribution in [2.45, 2.75) is 18.4 Å². The van der Waals surface area contributed by atoms with Crippen LogP contribution in [-0.2, 0) is 14.9 Å². The lowest BCUT2D eigenvalue weighted by Crippen LogP contribution is -2.33. The average molecular weight is 470 g/mol. The molecule has 0 radical (unpaired) electrons. The van der Waals surface area contributed by atoms with Crippen LogP contribution in [0.5, 0.6) is 0 Å². The van der Waals surface area contributed by atoms with E-state index in [1.54, 1.807) is 0 Å². The zero-order valence-electron chi connectivity index (χ0n) is 18.2. The van der Waals surface area contributed by atoms with Gasteiger partial charge in [-0.3, -0.25) is 9.69 Å². The minimum absolute atomic E-state index is 0.00708. The lowest BCUT2D eigenvalue weighted by atomic mass is 9.89. The van der Waals surface area contributed by atoms with Gasteiger partial charge in [-0.2, -0.15) is 5.26 Å². The Hall–Kier alpha value is -3.58. The van der Waals surface area contributed by atoms with E-state index in [2.05, 4.69) is 16.7 Å². The molecule has 2 amide bonds. The first-order chi connectivity index (χ1) is 16.3. The Morgan fingerprint density at radius 1 is 1.21 bits per heavy atom. The molecule has 2 unspecified atom stereocenters. The first-order valence-electron chi connectivity index (χ1n) is 10.9. The third-order valence-corrected chi connectivity index (χ3v) is 6.94. The number of ether oxygens (including phenoxy) is 1. The Balaban J connectivity index is 1.40. The van der Waals surface area contributed by atoms with Crippen LogP contribution in [0.4, 0.5) is 23.7 Å². The summed E-state index contributed by atoms with van der Waals surface area (Å²) < 4.78 is 50.3. The SMILES string of the molecule is CC(=O)NC[C@H]1CN(c2ccc(-c3cc(F)c(C4(C#N)C5CNCC54)c(F)c3)c(F)c2)C(=O)O1. The van der Waals surface area contributed by atoms with Gasteiger partial charge in [0.15, 0.2) is 0 Å². The van der Waals surface area contributed by atoms with Gasteiger partial charge in [0, 0.05) is 43.0 Å². The van der Waals surface area contributed by atoms with Gasteiger partial charge in [-0.25, -0.2) is 18.0 Å². The molecule has 3 aliphatic rings. The van der Waals surface area contributed by atoms with Gasteiger partial charge < -0.3 is 15.4 Å². The van der Waals surface area contributed by atoms with Crippen molar-refractivity contribution >= 4 is 17.7 Å². The number of rotatable bonds is 5. The Labute approximate surface area is 193 Å². The van der Waals surface area contributed by atoms with Gasteiger partial charge in [-0.15, -0.1) is 0 Å². The summed E-state index contributed by atoms with van der Waals surface area (Å²) in [5.74, 6) is -3.07. The number of benzene rings is 2. The number of carbonyl (C=O) groups is 2. The lowest BCUT2D eigenvalue weighted by molar-refractivity contribution is -0.119. The molecule has 3 fully saturated rings. The summed E-state index contributed by atoms with van der Waals surface area (Å²) in [5, 5.41) is 15.4. The largest absolute Gasteiger partial charge is 0.442 e. The molecule has 2 aromatic rings. The van der Waals surface area contributed by atoms with Crippen molar-refractivity contribution in [3.8, 4) is 17.2 Å². The highest BCUT2D eigenvalue weighted by atomic mass is 19.1. The number of fused-ring (bicyclic) bond motifs is 1. The maximum atomic E-state index is 15.1. The van der Waals surface area contributed by atoms with Gasteiger partial charge >= 0.3 is 6.09 Å². The van der Waals surface area contributed by atoms with Crippen molar-refractivity contribution in [3.63, 3.8) is 0 Å². The highest BCUT2D eigenvalue weighted by Crippen LogP contribution is 2.62. The molecular formula is C24H21F3N4O3. The quantitative estimate of drug-likeness (QED) is 0.701. The second kappa shape index (κ2) is 8.02. The van der Waals surface area contributed by atoms with Crippen LogP contribution in [0.25, 0.3) is 11.1 Å². The molecule has 2 heterocycles. The van der Waals surface area contributed by atoms with E-state index in [-0.39, 0.29) is 53.2 Å². The number of nitriles is 1. The summed E-state index contributed by atoms with van der Waals surface area (Å²) >= 11 is 0. The highest BCUT2D eigenvalue weighted by molar-refractivity contribution is 5.90. The summed E-state index contributed by atoms with van der Waals surface area (Å²) in [6.45, 7) is 2.64. The standard InChI is InChI=1S/C24H21F3N4O3/c1-12(32)30-7-15-10-31(23(33)34-15)14-2-3-16(19(25)6-14)13-4-20(26)22(21(27)5-13)24(11-28)17-8-29-9-18(17)24/h2-6,15,17-18,29H,7-10H2,1H3,(H,30,32)/t15-,17?,18?,24?/m0/s1. The number of anilines is 1. The van der Waals surface area contributed by atoms with E-state index >= 15 is 8.78 Å². The number of hydrogen-bond donors (Lipinski definition) is 2. The van der Waals surface area contributed by atoms with Crippen LogP contribution in [0.3, 0.4) is 0 Å². The number of carbonyl (C=O) groups excluding carboxylic acids is 2. The van der Waals surface area contributed by atoms with Crippen molar-refractivity contribution in [1.82, 2.24) is 10.6 Å². The number of cyclic esters (lactones) is 1. The highest BCUT2D eigenvalue weighted by Gasteiger charge is 2.69. The maximum absolute atomic E-state index is 15.1. The molecule has 2 aromatic carbocycles. The van der Waals surface area contributed by atoms with Crippen LogP contribution in [0.15, 0.2) is 30.3 Å². The maximum Gasteiger partial charge on any atom is 0.414 e. The van der Waals surface area contributed by atoms with E-state index in [4.69, 9.17) is 4.74 Å². The van der Waals surface area contributed by atoms with Crippen molar-refractivity contribution in [2.24, 2.45) is 11.8 Å². The van der Waals surface area contributed by atoms with Crippen molar-refractivity contribution < 1.29 is 27.5 Å². The van der Waals surface area contributed by atoms with Crippen LogP contribution in [0, 0.1) is 40.6 Å². The van der Waals surface area contributed by atoms with Gasteiger partial charge in [0.05, 0.1) is 30.3 Å². The van der Waals surface area contributed by atoms with Crippen molar-refractivity contribution in [1.29, 1.82) is 5.26 Å². The Morgan fingerprint density at radius 2 is 1.88 bits per heavy atom. The predicted molar refractivity (Wildman–Crippen MR) is 115 cm³/mol. The summed E-state index contributed by atoms with van der Waals surface area (Å²) in [7, 11) is 0. The first-order valence-corrected chi connectivity index (χ1v) is 10.9. The first kappa shape index (κ1) is 22.2. The zero-order chi connectivity index (χ0) is 24.2. The van der Waals surface area contributed by atoms with E-state index in [1.807, 2.05) is 0 Å². The lowest BCUT2D eigenvalue weighted by Gasteiger charge is -2.17. The number of nitrogens with zero attached hydrogens (tertiary/aromatic N) is 2. The van der Waals surface area contributed by atoms with Crippen LogP contribution >= 0.6 is 0 Å². The summed E-state index contributed by atoms with van der Waals surface area (Å²) in [6.07, 6.45) is -1.27. The second-order valence-electron chi connectivity index (χ2n) is 8.88. The minimum Gasteiger partial charge on any atom is -0.442 e. The molecule has 5 rings (SSSR count). The van der Waals surface area contributed by atoms with E-state index in [0.29, 0.717) is 13.1 Å². The topological polar surface area (TPSA) is 94.5 Å². The summed E-state index contributed by atoms with van der Waals surface area (Å²) in [4.78, 5) is 24.5. The average Bonchev–Trinajstić information content (AvgIpc) is 3.12. The third kappa shape index (κ3) is 3.39. The molecule has 2 saturated heterocycles. The zero-order valence-corrected chi connectivity index (χ0v) is 18.2. The van der Waals surface area contributed by atoms with E-state index in [1.165, 1.54) is 24.0 Å². The van der Waals surface area contributed by atoms with Crippen LogP contribution in [0.2, 0.25) is 0 Å². The minimum atomic E-state index is -1.19. The van der Waals surface area contributed by atoms with E-state index in [9.17, 15) is 19.2 Å². The molecular weight excluding hydrogens is 449 g/mol. The molecule has 3 atom stereocenters. The Kier molecular flexibility index (Phi) is 5.24. The Bertz CT molecular complexity index is 1210. The fourth-order valence-electron chi connectivity index (χ4n) is 5.26. The van der Waals surface area contributed by atoms with E-state index in [0.717, 1.165) is 18.2 Å². The Morgan fingerprint density at radius 3 is 2.47 bits per heavy atom. The molecule has 7 nitrogen and oxygen atoms in total. The number of halogens is 3. The molecule has 2 aliphatic heterocycles. The van der Waals surface area contributed by atoms with Crippen LogP contribution < -0.4 is 15.5 Å². The van der Waals surface area contributed by atoms with E-state index < -0.39 is 35.1 Å². The molecule has 0 aromatic heterocycles. The number of nitrogens with one attached hydrogen (secondary N) is 2.